The smallest absolute Gasteiger partial charge is 0.382 e. The molecule has 2 aromatic heterocycles. The van der Waals surface area contributed by atoms with Crippen molar-refractivity contribution in [3.63, 3.8) is 0 Å². The number of aromatic nitrogens is 4. The van der Waals surface area contributed by atoms with Gasteiger partial charge in [0.05, 0.1) is 6.20 Å². The first-order valence-corrected chi connectivity index (χ1v) is 4.70. The topological polar surface area (TPSA) is 85.5 Å². The minimum atomic E-state index is -4.51. The largest absolute Gasteiger partial charge is 0.433 e. The first kappa shape index (κ1) is 12.0. The summed E-state index contributed by atoms with van der Waals surface area (Å²) in [6, 6.07) is 2.58. The molecular formula is C9H7F3N6. The zero-order valence-corrected chi connectivity index (χ0v) is 9.10. The summed E-state index contributed by atoms with van der Waals surface area (Å²) in [4.78, 5) is 0. The number of aryl methyl sites for hydroxylation is 1. The lowest BCUT2D eigenvalue weighted by Crippen LogP contribution is -2.11. The fraction of sp³-hybridized carbons (Fsp3) is 0.222. The van der Waals surface area contributed by atoms with E-state index in [0.717, 1.165) is 24.0 Å². The highest BCUT2D eigenvalue weighted by Gasteiger charge is 2.35. The minimum Gasteiger partial charge on any atom is -0.382 e. The van der Waals surface area contributed by atoms with Gasteiger partial charge in [0, 0.05) is 13.1 Å². The highest BCUT2D eigenvalue weighted by atomic mass is 19.4. The molecule has 2 N–H and O–H groups in total. The van der Waals surface area contributed by atoms with Crippen LogP contribution in [0.3, 0.4) is 0 Å². The van der Waals surface area contributed by atoms with E-state index in [4.69, 9.17) is 11.0 Å². The maximum atomic E-state index is 12.6. The molecule has 9 heteroatoms. The molecule has 0 unspecified atom stereocenters. The van der Waals surface area contributed by atoms with Gasteiger partial charge in [0.15, 0.2) is 5.82 Å². The van der Waals surface area contributed by atoms with E-state index in [-0.39, 0.29) is 17.2 Å². The summed E-state index contributed by atoms with van der Waals surface area (Å²) >= 11 is 0. The van der Waals surface area contributed by atoms with E-state index < -0.39 is 11.9 Å². The molecule has 94 valence electrons. The van der Waals surface area contributed by atoms with Gasteiger partial charge in [-0.2, -0.15) is 33.3 Å². The Morgan fingerprint density at radius 3 is 2.56 bits per heavy atom. The Hall–Kier alpha value is -2.50. The van der Waals surface area contributed by atoms with Gasteiger partial charge in [-0.1, -0.05) is 0 Å². The molecule has 0 fully saturated rings. The highest BCUT2D eigenvalue weighted by molar-refractivity contribution is 5.51. The molecule has 2 rings (SSSR count). The van der Waals surface area contributed by atoms with E-state index in [1.165, 1.54) is 0 Å². The molecule has 0 amide bonds. The minimum absolute atomic E-state index is 0.0516. The molecule has 0 aliphatic heterocycles. The fourth-order valence-corrected chi connectivity index (χ4v) is 1.45. The van der Waals surface area contributed by atoms with Gasteiger partial charge < -0.3 is 5.73 Å². The zero-order chi connectivity index (χ0) is 13.5. The summed E-state index contributed by atoms with van der Waals surface area (Å²) in [6.45, 7) is 0. The van der Waals surface area contributed by atoms with Crippen LogP contribution in [0.15, 0.2) is 12.3 Å². The number of rotatable bonds is 1. The normalized spacial score (nSPS) is 11.5. The van der Waals surface area contributed by atoms with Crippen molar-refractivity contribution >= 4 is 5.82 Å². The van der Waals surface area contributed by atoms with E-state index in [0.29, 0.717) is 4.68 Å². The van der Waals surface area contributed by atoms with Gasteiger partial charge >= 0.3 is 6.18 Å². The first-order valence-electron chi connectivity index (χ1n) is 4.70. The van der Waals surface area contributed by atoms with Crippen molar-refractivity contribution in [2.45, 2.75) is 6.18 Å². The maximum Gasteiger partial charge on any atom is 0.433 e. The van der Waals surface area contributed by atoms with Crippen molar-refractivity contribution < 1.29 is 13.2 Å². The van der Waals surface area contributed by atoms with Gasteiger partial charge in [0.1, 0.15) is 23.1 Å². The molecule has 0 bridgehead atoms. The summed E-state index contributed by atoms with van der Waals surface area (Å²) in [6.07, 6.45) is -3.35. The number of nitrogens with zero attached hydrogens (tertiary/aromatic N) is 5. The Morgan fingerprint density at radius 1 is 1.44 bits per heavy atom. The van der Waals surface area contributed by atoms with Crippen LogP contribution in [-0.2, 0) is 13.2 Å². The molecule has 0 aliphatic rings. The number of hydrogen-bond donors (Lipinski definition) is 1. The van der Waals surface area contributed by atoms with Gasteiger partial charge in [-0.05, 0) is 0 Å². The van der Waals surface area contributed by atoms with Crippen molar-refractivity contribution in [1.29, 1.82) is 5.26 Å². The number of halogens is 3. The molecule has 18 heavy (non-hydrogen) atoms. The Kier molecular flexibility index (Phi) is 2.50. The highest BCUT2D eigenvalue weighted by Crippen LogP contribution is 2.30. The second-order valence-electron chi connectivity index (χ2n) is 3.48. The number of anilines is 1. The Balaban J connectivity index is 2.53. The quantitative estimate of drug-likeness (QED) is 0.827. The monoisotopic (exact) mass is 256 g/mol. The van der Waals surface area contributed by atoms with Crippen molar-refractivity contribution in [2.75, 3.05) is 5.73 Å². The molecule has 6 nitrogen and oxygen atoms in total. The van der Waals surface area contributed by atoms with E-state index >= 15 is 0 Å². The summed E-state index contributed by atoms with van der Waals surface area (Å²) < 4.78 is 39.4. The fourth-order valence-electron chi connectivity index (χ4n) is 1.45. The van der Waals surface area contributed by atoms with Crippen LogP contribution in [0.25, 0.3) is 5.82 Å². The molecule has 2 aromatic rings. The average Bonchev–Trinajstić information content (AvgIpc) is 2.80. The molecular weight excluding hydrogens is 249 g/mol. The van der Waals surface area contributed by atoms with Crippen LogP contribution in [0, 0.1) is 11.3 Å². The van der Waals surface area contributed by atoms with Crippen LogP contribution < -0.4 is 5.73 Å². The number of nitrogen functional groups attached to an aromatic ring is 1. The number of nitrogens with two attached hydrogens (primary N) is 1. The van der Waals surface area contributed by atoms with Gasteiger partial charge in [-0.15, -0.1) is 0 Å². The molecule has 0 aromatic carbocycles. The lowest BCUT2D eigenvalue weighted by molar-refractivity contribution is -0.143. The number of nitriles is 1. The van der Waals surface area contributed by atoms with Gasteiger partial charge in [0.25, 0.3) is 0 Å². The summed E-state index contributed by atoms with van der Waals surface area (Å²) in [5, 5.41) is 16.1. The van der Waals surface area contributed by atoms with Crippen molar-refractivity contribution in [1.82, 2.24) is 19.6 Å². The average molecular weight is 256 g/mol. The van der Waals surface area contributed by atoms with Gasteiger partial charge in [-0.25, -0.2) is 0 Å². The Morgan fingerprint density at radius 2 is 2.11 bits per heavy atom. The van der Waals surface area contributed by atoms with Gasteiger partial charge in [-0.3, -0.25) is 4.68 Å². The van der Waals surface area contributed by atoms with Crippen LogP contribution in [0.4, 0.5) is 19.0 Å². The molecule has 0 aliphatic carbocycles. The van der Waals surface area contributed by atoms with E-state index in [1.807, 2.05) is 0 Å². The van der Waals surface area contributed by atoms with Crippen molar-refractivity contribution in [3.8, 4) is 11.9 Å². The molecule has 0 atom stereocenters. The van der Waals surface area contributed by atoms with Gasteiger partial charge in [0.2, 0.25) is 0 Å². The van der Waals surface area contributed by atoms with Crippen LogP contribution in [0.1, 0.15) is 11.3 Å². The second-order valence-corrected chi connectivity index (χ2v) is 3.48. The third-order valence-electron chi connectivity index (χ3n) is 2.30. The molecule has 2 heterocycles. The maximum absolute atomic E-state index is 12.6. The van der Waals surface area contributed by atoms with Crippen LogP contribution in [-0.4, -0.2) is 19.6 Å². The van der Waals surface area contributed by atoms with Crippen molar-refractivity contribution in [3.05, 3.63) is 23.5 Å². The van der Waals surface area contributed by atoms with Crippen LogP contribution in [0.5, 0.6) is 0 Å². The predicted octanol–water partition coefficient (Wildman–Crippen LogP) is 1.08. The SMILES string of the molecule is Cn1nc(-n2ncc(C#N)c2N)cc1C(F)(F)F. The molecule has 0 saturated heterocycles. The third-order valence-corrected chi connectivity index (χ3v) is 2.30. The Bertz CT molecular complexity index is 630. The first-order chi connectivity index (χ1) is 8.34. The van der Waals surface area contributed by atoms with E-state index in [2.05, 4.69) is 10.2 Å². The summed E-state index contributed by atoms with van der Waals surface area (Å²) in [5.41, 5.74) is 4.71. The second kappa shape index (κ2) is 3.76. The van der Waals surface area contributed by atoms with E-state index in [9.17, 15) is 13.2 Å². The number of hydrogen-bond acceptors (Lipinski definition) is 4. The van der Waals surface area contributed by atoms with Crippen LogP contribution >= 0.6 is 0 Å². The van der Waals surface area contributed by atoms with E-state index in [1.54, 1.807) is 6.07 Å². The molecule has 0 saturated carbocycles. The lowest BCUT2D eigenvalue weighted by atomic mass is 10.3. The number of alkyl halides is 3. The molecule has 0 spiro atoms. The summed E-state index contributed by atoms with van der Waals surface area (Å²) in [7, 11) is 1.16. The third kappa shape index (κ3) is 1.77. The molecule has 0 radical (unpaired) electrons. The zero-order valence-electron chi connectivity index (χ0n) is 9.10. The summed E-state index contributed by atoms with van der Waals surface area (Å²) in [5.74, 6) is -0.145. The van der Waals surface area contributed by atoms with Crippen molar-refractivity contribution in [2.24, 2.45) is 7.05 Å². The lowest BCUT2D eigenvalue weighted by Gasteiger charge is -2.04. The standard InChI is InChI=1S/C9H7F3N6/c1-17-6(9(10,11)12)2-7(16-17)18-8(14)5(3-13)4-15-18/h2,4H,14H2,1H3. The predicted molar refractivity (Wildman–Crippen MR) is 54.5 cm³/mol. The van der Waals surface area contributed by atoms with Crippen LogP contribution in [0.2, 0.25) is 0 Å². The Labute approximate surface area is 99.0 Å².